The van der Waals surface area contributed by atoms with Gasteiger partial charge in [0.2, 0.25) is 5.91 Å². The number of hydrogen-bond acceptors (Lipinski definition) is 3. The van der Waals surface area contributed by atoms with Crippen molar-refractivity contribution in [1.82, 2.24) is 4.90 Å². The molecule has 0 radical (unpaired) electrons. The lowest BCUT2D eigenvalue weighted by Crippen LogP contribution is -2.32. The summed E-state index contributed by atoms with van der Waals surface area (Å²) in [5.41, 5.74) is 0.911. The molecule has 2 heterocycles. The molecule has 3 atom stereocenters. The molecule has 5 nitrogen and oxygen atoms in total. The number of likely N-dealkylation sites (tertiary alicyclic amines) is 1. The molecule has 1 N–H and O–H groups in total. The highest BCUT2D eigenvalue weighted by molar-refractivity contribution is 6.30. The number of hydrogen-bond donors (Lipinski definition) is 1. The van der Waals surface area contributed by atoms with Crippen LogP contribution in [0.4, 0.5) is 0 Å². The van der Waals surface area contributed by atoms with Crippen molar-refractivity contribution in [2.24, 2.45) is 5.92 Å². The molecule has 2 fully saturated rings. The number of carbonyl (C=O) groups excluding carboxylic acids is 1. The van der Waals surface area contributed by atoms with E-state index in [1.165, 1.54) is 0 Å². The predicted octanol–water partition coefficient (Wildman–Crippen LogP) is 2.54. The number of aliphatic carboxylic acids is 1. The zero-order chi connectivity index (χ0) is 16.4. The van der Waals surface area contributed by atoms with Gasteiger partial charge < -0.3 is 14.7 Å². The van der Waals surface area contributed by atoms with E-state index in [0.717, 1.165) is 18.4 Å². The van der Waals surface area contributed by atoms with E-state index >= 15 is 0 Å². The van der Waals surface area contributed by atoms with Crippen molar-refractivity contribution in [1.29, 1.82) is 0 Å². The van der Waals surface area contributed by atoms with E-state index in [9.17, 15) is 14.7 Å². The Morgan fingerprint density at radius 2 is 2.00 bits per heavy atom. The van der Waals surface area contributed by atoms with Crippen molar-refractivity contribution >= 4 is 23.5 Å². The average Bonchev–Trinajstić information content (AvgIpc) is 3.17. The number of halogens is 1. The highest BCUT2D eigenvalue weighted by Crippen LogP contribution is 2.34. The summed E-state index contributed by atoms with van der Waals surface area (Å²) >= 11 is 5.90. The minimum Gasteiger partial charge on any atom is -0.481 e. The quantitative estimate of drug-likeness (QED) is 0.916. The van der Waals surface area contributed by atoms with Crippen LogP contribution < -0.4 is 0 Å². The van der Waals surface area contributed by atoms with Gasteiger partial charge in [-0.3, -0.25) is 9.59 Å². The van der Waals surface area contributed by atoms with Crippen molar-refractivity contribution in [2.45, 2.75) is 31.3 Å². The zero-order valence-electron chi connectivity index (χ0n) is 12.8. The Hall–Kier alpha value is -1.59. The standard InChI is InChI=1S/C17H20ClNO4/c18-12-5-3-11(4-6-12)14-9-19(10-15(14)17(21)22)16(20)8-13-2-1-7-23-13/h3-6,13-15H,1-2,7-10H2,(H,21,22)/t13?,14-,15+/m0/s1. The van der Waals surface area contributed by atoms with Gasteiger partial charge in [0.1, 0.15) is 0 Å². The summed E-state index contributed by atoms with van der Waals surface area (Å²) in [6.07, 6.45) is 2.23. The summed E-state index contributed by atoms with van der Waals surface area (Å²) in [6, 6.07) is 7.20. The Morgan fingerprint density at radius 1 is 1.26 bits per heavy atom. The molecule has 0 bridgehead atoms. The minimum atomic E-state index is -0.864. The van der Waals surface area contributed by atoms with E-state index in [1.807, 2.05) is 12.1 Å². The molecule has 3 rings (SSSR count). The predicted molar refractivity (Wildman–Crippen MR) is 85.5 cm³/mol. The summed E-state index contributed by atoms with van der Waals surface area (Å²) in [4.78, 5) is 25.7. The number of rotatable bonds is 4. The smallest absolute Gasteiger partial charge is 0.308 e. The van der Waals surface area contributed by atoms with E-state index in [2.05, 4.69) is 0 Å². The second-order valence-corrected chi connectivity index (χ2v) is 6.68. The van der Waals surface area contributed by atoms with Gasteiger partial charge in [-0.15, -0.1) is 0 Å². The summed E-state index contributed by atoms with van der Waals surface area (Å²) in [7, 11) is 0. The largest absolute Gasteiger partial charge is 0.481 e. The first-order chi connectivity index (χ1) is 11.0. The Balaban J connectivity index is 1.71. The molecule has 23 heavy (non-hydrogen) atoms. The molecule has 2 saturated heterocycles. The van der Waals surface area contributed by atoms with Crippen LogP contribution in [0.5, 0.6) is 0 Å². The van der Waals surface area contributed by atoms with Crippen molar-refractivity contribution in [3.8, 4) is 0 Å². The molecule has 2 aliphatic heterocycles. The third kappa shape index (κ3) is 3.67. The summed E-state index contributed by atoms with van der Waals surface area (Å²) < 4.78 is 5.50. The summed E-state index contributed by atoms with van der Waals surface area (Å²) in [6.45, 7) is 1.40. The van der Waals surface area contributed by atoms with Gasteiger partial charge in [0.15, 0.2) is 0 Å². The molecule has 0 spiro atoms. The lowest BCUT2D eigenvalue weighted by atomic mass is 9.89. The highest BCUT2D eigenvalue weighted by atomic mass is 35.5. The number of amides is 1. The first-order valence-corrected chi connectivity index (χ1v) is 8.30. The lowest BCUT2D eigenvalue weighted by Gasteiger charge is -2.18. The monoisotopic (exact) mass is 337 g/mol. The number of carboxylic acids is 1. The fourth-order valence-electron chi connectivity index (χ4n) is 3.43. The number of nitrogens with zero attached hydrogens (tertiary/aromatic N) is 1. The Kier molecular flexibility index (Phi) is 4.87. The van der Waals surface area contributed by atoms with Crippen LogP contribution >= 0.6 is 11.6 Å². The maximum absolute atomic E-state index is 12.4. The number of benzene rings is 1. The Labute approximate surface area is 140 Å². The number of carbonyl (C=O) groups is 2. The van der Waals surface area contributed by atoms with E-state index in [0.29, 0.717) is 24.6 Å². The Bertz CT molecular complexity index is 583. The lowest BCUT2D eigenvalue weighted by molar-refractivity contribution is -0.142. The van der Waals surface area contributed by atoms with Gasteiger partial charge in [0.05, 0.1) is 18.4 Å². The van der Waals surface area contributed by atoms with Gasteiger partial charge in [-0.2, -0.15) is 0 Å². The highest BCUT2D eigenvalue weighted by Gasteiger charge is 2.40. The van der Waals surface area contributed by atoms with Crippen molar-refractivity contribution in [3.63, 3.8) is 0 Å². The van der Waals surface area contributed by atoms with Gasteiger partial charge in [-0.05, 0) is 30.5 Å². The topological polar surface area (TPSA) is 66.8 Å². The van der Waals surface area contributed by atoms with E-state index in [4.69, 9.17) is 16.3 Å². The SMILES string of the molecule is O=C(O)[C@@H]1CN(C(=O)CC2CCCO2)C[C@H]1c1ccc(Cl)cc1. The molecule has 1 aromatic carbocycles. The van der Waals surface area contributed by atoms with Crippen LogP contribution in [0, 0.1) is 5.92 Å². The zero-order valence-corrected chi connectivity index (χ0v) is 13.5. The molecular formula is C17H20ClNO4. The average molecular weight is 338 g/mol. The van der Waals surface area contributed by atoms with E-state index in [1.54, 1.807) is 17.0 Å². The molecule has 0 aromatic heterocycles. The van der Waals surface area contributed by atoms with Crippen LogP contribution in [0.2, 0.25) is 5.02 Å². The first-order valence-electron chi connectivity index (χ1n) is 7.92. The third-order valence-electron chi connectivity index (χ3n) is 4.71. The number of carboxylic acid groups (broad SMARTS) is 1. The minimum absolute atomic E-state index is 0.0136. The molecule has 1 amide bonds. The van der Waals surface area contributed by atoms with Gasteiger partial charge in [0, 0.05) is 30.6 Å². The second-order valence-electron chi connectivity index (χ2n) is 6.24. The fraction of sp³-hybridized carbons (Fsp3) is 0.529. The Morgan fingerprint density at radius 3 is 2.61 bits per heavy atom. The molecule has 1 aromatic rings. The molecule has 2 aliphatic rings. The van der Waals surface area contributed by atoms with E-state index in [-0.39, 0.29) is 24.5 Å². The number of ether oxygens (including phenoxy) is 1. The third-order valence-corrected chi connectivity index (χ3v) is 4.97. The summed E-state index contributed by atoms with van der Waals surface area (Å²) in [5, 5.41) is 10.1. The maximum atomic E-state index is 12.4. The molecule has 6 heteroatoms. The van der Waals surface area contributed by atoms with Crippen LogP contribution in [0.25, 0.3) is 0 Å². The van der Waals surface area contributed by atoms with Crippen LogP contribution in [-0.2, 0) is 14.3 Å². The van der Waals surface area contributed by atoms with Crippen LogP contribution in [0.1, 0.15) is 30.7 Å². The normalized spacial score (nSPS) is 27.3. The summed E-state index contributed by atoms with van der Waals surface area (Å²) in [5.74, 6) is -1.65. The fourth-order valence-corrected chi connectivity index (χ4v) is 3.56. The molecule has 124 valence electrons. The van der Waals surface area contributed by atoms with Crippen molar-refractivity contribution < 1.29 is 19.4 Å². The molecular weight excluding hydrogens is 318 g/mol. The van der Waals surface area contributed by atoms with E-state index < -0.39 is 11.9 Å². The second kappa shape index (κ2) is 6.89. The van der Waals surface area contributed by atoms with Gasteiger partial charge in [-0.1, -0.05) is 23.7 Å². The van der Waals surface area contributed by atoms with Crippen LogP contribution in [0.3, 0.4) is 0 Å². The van der Waals surface area contributed by atoms with Gasteiger partial charge in [-0.25, -0.2) is 0 Å². The molecule has 1 unspecified atom stereocenters. The van der Waals surface area contributed by atoms with Gasteiger partial charge in [0.25, 0.3) is 0 Å². The molecule has 0 saturated carbocycles. The first kappa shape index (κ1) is 16.3. The van der Waals surface area contributed by atoms with Gasteiger partial charge >= 0.3 is 5.97 Å². The van der Waals surface area contributed by atoms with Crippen LogP contribution in [-0.4, -0.2) is 47.7 Å². The van der Waals surface area contributed by atoms with Crippen LogP contribution in [0.15, 0.2) is 24.3 Å². The maximum Gasteiger partial charge on any atom is 0.308 e. The molecule has 0 aliphatic carbocycles. The van der Waals surface area contributed by atoms with Crippen molar-refractivity contribution in [3.05, 3.63) is 34.9 Å². The van der Waals surface area contributed by atoms with Crippen molar-refractivity contribution in [2.75, 3.05) is 19.7 Å².